The number of carboxylic acids is 1. The van der Waals surface area contributed by atoms with Crippen LogP contribution in [-0.2, 0) is 11.3 Å². The third-order valence-corrected chi connectivity index (χ3v) is 4.47. The minimum absolute atomic E-state index is 0.0170. The fourth-order valence-corrected chi connectivity index (χ4v) is 3.25. The van der Waals surface area contributed by atoms with Crippen LogP contribution in [0.2, 0.25) is 0 Å². The summed E-state index contributed by atoms with van der Waals surface area (Å²) in [4.78, 5) is 24.6. The van der Waals surface area contributed by atoms with E-state index in [9.17, 15) is 22.8 Å². The molecule has 1 aliphatic rings. The summed E-state index contributed by atoms with van der Waals surface area (Å²) in [6.07, 6.45) is -3.14. The van der Waals surface area contributed by atoms with E-state index in [4.69, 9.17) is 9.52 Å². The number of hydrogen-bond donors (Lipinski definition) is 1. The van der Waals surface area contributed by atoms with Gasteiger partial charge in [-0.2, -0.15) is 13.2 Å². The van der Waals surface area contributed by atoms with Crippen LogP contribution < -0.4 is 0 Å². The Morgan fingerprint density at radius 1 is 1.33 bits per heavy atom. The number of furan rings is 1. The van der Waals surface area contributed by atoms with E-state index in [1.165, 1.54) is 24.9 Å². The molecule has 1 aromatic rings. The number of aromatic carboxylic acids is 1. The summed E-state index contributed by atoms with van der Waals surface area (Å²) < 4.78 is 44.7. The first-order valence-electron chi connectivity index (χ1n) is 7.75. The van der Waals surface area contributed by atoms with Crippen LogP contribution in [0.3, 0.4) is 0 Å². The van der Waals surface area contributed by atoms with Crippen LogP contribution in [0.15, 0.2) is 10.5 Å². The summed E-state index contributed by atoms with van der Waals surface area (Å²) in [6, 6.07) is 1.30. The molecule has 1 N–H and O–H groups in total. The number of nitrogens with zero attached hydrogens (tertiary/aromatic N) is 1. The molecule has 1 aromatic heterocycles. The Kier molecular flexibility index (Phi) is 5.25. The van der Waals surface area contributed by atoms with Crippen molar-refractivity contribution in [2.75, 3.05) is 7.05 Å². The van der Waals surface area contributed by atoms with Crippen molar-refractivity contribution < 1.29 is 32.3 Å². The van der Waals surface area contributed by atoms with Crippen LogP contribution in [0.1, 0.15) is 47.6 Å². The Morgan fingerprint density at radius 2 is 1.96 bits per heavy atom. The van der Waals surface area contributed by atoms with E-state index >= 15 is 0 Å². The lowest BCUT2D eigenvalue weighted by Gasteiger charge is -2.34. The Labute approximate surface area is 137 Å². The lowest BCUT2D eigenvalue weighted by molar-refractivity contribution is -0.200. The second-order valence-electron chi connectivity index (χ2n) is 6.22. The molecule has 24 heavy (non-hydrogen) atoms. The Hall–Kier alpha value is -1.99. The first kappa shape index (κ1) is 18.4. The van der Waals surface area contributed by atoms with Crippen LogP contribution >= 0.6 is 0 Å². The largest absolute Gasteiger partial charge is 0.478 e. The number of carbonyl (C=O) groups is 2. The van der Waals surface area contributed by atoms with E-state index in [1.54, 1.807) is 0 Å². The summed E-state index contributed by atoms with van der Waals surface area (Å²) >= 11 is 0. The molecule has 0 aromatic carbocycles. The van der Waals surface area contributed by atoms with E-state index < -0.39 is 29.9 Å². The molecule has 0 spiro atoms. The van der Waals surface area contributed by atoms with Gasteiger partial charge in [0, 0.05) is 13.0 Å². The second kappa shape index (κ2) is 6.86. The molecular formula is C16H20F3NO4. The molecule has 2 atom stereocenters. The van der Waals surface area contributed by atoms with Crippen molar-refractivity contribution in [2.45, 2.75) is 45.3 Å². The summed E-state index contributed by atoms with van der Waals surface area (Å²) in [5, 5.41) is 8.98. The third-order valence-electron chi connectivity index (χ3n) is 4.47. The molecule has 1 fully saturated rings. The van der Waals surface area contributed by atoms with Gasteiger partial charge in [-0.15, -0.1) is 0 Å². The average Bonchev–Trinajstić information content (AvgIpc) is 2.86. The zero-order valence-corrected chi connectivity index (χ0v) is 13.5. The first-order valence-corrected chi connectivity index (χ1v) is 7.75. The molecule has 134 valence electrons. The van der Waals surface area contributed by atoms with Crippen molar-refractivity contribution in [3.05, 3.63) is 23.2 Å². The highest BCUT2D eigenvalue weighted by Gasteiger charge is 2.48. The normalized spacial score (nSPS) is 21.5. The minimum Gasteiger partial charge on any atom is -0.478 e. The van der Waals surface area contributed by atoms with E-state index in [0.29, 0.717) is 12.8 Å². The highest BCUT2D eigenvalue weighted by Crippen LogP contribution is 2.42. The van der Waals surface area contributed by atoms with Crippen molar-refractivity contribution in [3.8, 4) is 0 Å². The smallest absolute Gasteiger partial charge is 0.392 e. The van der Waals surface area contributed by atoms with Crippen LogP contribution in [0.25, 0.3) is 0 Å². The number of rotatable bonds is 4. The average molecular weight is 347 g/mol. The topological polar surface area (TPSA) is 70.8 Å². The van der Waals surface area contributed by atoms with Crippen molar-refractivity contribution >= 4 is 11.9 Å². The van der Waals surface area contributed by atoms with E-state index in [2.05, 4.69) is 0 Å². The van der Waals surface area contributed by atoms with Gasteiger partial charge >= 0.3 is 12.1 Å². The lowest BCUT2D eigenvalue weighted by Crippen LogP contribution is -2.43. The molecule has 0 bridgehead atoms. The maximum atomic E-state index is 13.1. The van der Waals surface area contributed by atoms with Crippen molar-refractivity contribution in [1.82, 2.24) is 4.90 Å². The maximum absolute atomic E-state index is 13.1. The van der Waals surface area contributed by atoms with Gasteiger partial charge in [0.2, 0.25) is 5.91 Å². The number of carboxylic acid groups (broad SMARTS) is 1. The lowest BCUT2D eigenvalue weighted by atomic mass is 9.78. The first-order chi connectivity index (χ1) is 11.1. The van der Waals surface area contributed by atoms with E-state index in [1.807, 2.05) is 0 Å². The molecule has 5 nitrogen and oxygen atoms in total. The molecule has 0 radical (unpaired) electrons. The molecule has 1 aliphatic carbocycles. The highest BCUT2D eigenvalue weighted by atomic mass is 19.4. The fraction of sp³-hybridized carbons (Fsp3) is 0.625. The Morgan fingerprint density at radius 3 is 2.50 bits per heavy atom. The standard InChI is InChI=1S/C16H20F3NO4/c1-9-12(15(22)23)7-10(24-9)8-20(2)14(21)11-5-3-4-6-13(11)16(17,18)19/h7,11,13H,3-6,8H2,1-2H3,(H,22,23). The van der Waals surface area contributed by atoms with Gasteiger partial charge in [-0.3, -0.25) is 4.79 Å². The molecule has 1 saturated carbocycles. The van der Waals surface area contributed by atoms with E-state index in [-0.39, 0.29) is 36.5 Å². The Balaban J connectivity index is 2.11. The molecule has 1 heterocycles. The SMILES string of the molecule is Cc1oc(CN(C)C(=O)C2CCCCC2C(F)(F)F)cc1C(=O)O. The summed E-state index contributed by atoms with van der Waals surface area (Å²) in [5.74, 6) is -4.00. The fourth-order valence-electron chi connectivity index (χ4n) is 3.25. The van der Waals surface area contributed by atoms with Gasteiger partial charge in [0.25, 0.3) is 0 Å². The molecule has 2 unspecified atom stereocenters. The van der Waals surface area contributed by atoms with E-state index in [0.717, 1.165) is 0 Å². The predicted molar refractivity (Wildman–Crippen MR) is 78.4 cm³/mol. The van der Waals surface area contributed by atoms with Gasteiger partial charge < -0.3 is 14.4 Å². The number of amides is 1. The molecule has 2 rings (SSSR count). The molecule has 1 amide bonds. The summed E-state index contributed by atoms with van der Waals surface area (Å²) in [6.45, 7) is 1.42. The zero-order valence-electron chi connectivity index (χ0n) is 13.5. The van der Waals surface area contributed by atoms with Crippen LogP contribution in [0.4, 0.5) is 13.2 Å². The predicted octanol–water partition coefficient (Wildman–Crippen LogP) is 3.61. The molecular weight excluding hydrogens is 327 g/mol. The van der Waals surface area contributed by atoms with Gasteiger partial charge in [0.1, 0.15) is 17.1 Å². The quantitative estimate of drug-likeness (QED) is 0.903. The third kappa shape index (κ3) is 3.91. The number of alkyl halides is 3. The van der Waals surface area contributed by atoms with Crippen LogP contribution in [0, 0.1) is 18.8 Å². The zero-order chi connectivity index (χ0) is 18.1. The van der Waals surface area contributed by atoms with Crippen molar-refractivity contribution in [3.63, 3.8) is 0 Å². The second-order valence-corrected chi connectivity index (χ2v) is 6.22. The Bertz CT molecular complexity index is 623. The van der Waals surface area contributed by atoms with Gasteiger partial charge in [-0.1, -0.05) is 12.8 Å². The van der Waals surface area contributed by atoms with Gasteiger partial charge in [0.05, 0.1) is 12.5 Å². The molecule has 0 aliphatic heterocycles. The van der Waals surface area contributed by atoms with Gasteiger partial charge in [0.15, 0.2) is 0 Å². The number of aryl methyl sites for hydroxylation is 1. The minimum atomic E-state index is -4.39. The van der Waals surface area contributed by atoms with Crippen LogP contribution in [-0.4, -0.2) is 35.1 Å². The number of carbonyl (C=O) groups excluding carboxylic acids is 1. The van der Waals surface area contributed by atoms with Gasteiger partial charge in [-0.25, -0.2) is 4.79 Å². The monoisotopic (exact) mass is 347 g/mol. The van der Waals surface area contributed by atoms with Crippen molar-refractivity contribution in [2.24, 2.45) is 11.8 Å². The van der Waals surface area contributed by atoms with Gasteiger partial charge in [-0.05, 0) is 25.8 Å². The molecule has 0 saturated heterocycles. The van der Waals surface area contributed by atoms with Crippen molar-refractivity contribution in [1.29, 1.82) is 0 Å². The summed E-state index contributed by atoms with van der Waals surface area (Å²) in [5.41, 5.74) is -0.0170. The summed E-state index contributed by atoms with van der Waals surface area (Å²) in [7, 11) is 1.41. The molecule has 8 heteroatoms. The highest BCUT2D eigenvalue weighted by molar-refractivity contribution is 5.88. The number of halogens is 3. The van der Waals surface area contributed by atoms with Crippen LogP contribution in [0.5, 0.6) is 0 Å². The maximum Gasteiger partial charge on any atom is 0.392 e. The number of hydrogen-bond acceptors (Lipinski definition) is 3.